The van der Waals surface area contributed by atoms with E-state index < -0.39 is 0 Å². The van der Waals surface area contributed by atoms with E-state index in [2.05, 4.69) is 31.0 Å². The van der Waals surface area contributed by atoms with Crippen molar-refractivity contribution in [3.05, 3.63) is 0 Å². The van der Waals surface area contributed by atoms with Gasteiger partial charge in [-0.15, -0.1) is 0 Å². The van der Waals surface area contributed by atoms with Crippen LogP contribution in [-0.4, -0.2) is 62.0 Å². The van der Waals surface area contributed by atoms with Crippen LogP contribution in [0.4, 0.5) is 0 Å². The third-order valence-electron chi connectivity index (χ3n) is 3.71. The maximum absolute atomic E-state index is 5.80. The minimum Gasteiger partial charge on any atom is -0.380 e. The molecule has 0 spiro atoms. The van der Waals surface area contributed by atoms with Crippen LogP contribution < -0.4 is 5.32 Å². The van der Waals surface area contributed by atoms with Gasteiger partial charge in [0.2, 0.25) is 0 Å². The first-order valence-corrected chi connectivity index (χ1v) is 6.91. The van der Waals surface area contributed by atoms with Gasteiger partial charge in [-0.05, 0) is 26.8 Å². The van der Waals surface area contributed by atoms with Gasteiger partial charge in [-0.25, -0.2) is 0 Å². The van der Waals surface area contributed by atoms with Gasteiger partial charge in [0.25, 0.3) is 0 Å². The van der Waals surface area contributed by atoms with Crippen LogP contribution >= 0.6 is 0 Å². The number of nitrogens with zero attached hydrogens (tertiary/aromatic N) is 1. The molecule has 0 aromatic heterocycles. The first-order valence-electron chi connectivity index (χ1n) is 6.91. The monoisotopic (exact) mass is 242 g/mol. The Kier molecular flexibility index (Phi) is 4.79. The molecule has 0 aliphatic carbocycles. The fraction of sp³-hybridized carbons (Fsp3) is 1.00. The van der Waals surface area contributed by atoms with E-state index in [4.69, 9.17) is 9.47 Å². The molecule has 2 fully saturated rings. The maximum atomic E-state index is 5.80. The fourth-order valence-electron chi connectivity index (χ4n) is 3.07. The number of morpholine rings is 1. The molecular weight excluding hydrogens is 216 g/mol. The lowest BCUT2D eigenvalue weighted by atomic mass is 10.00. The van der Waals surface area contributed by atoms with Crippen LogP contribution in [0.2, 0.25) is 0 Å². The van der Waals surface area contributed by atoms with Crippen LogP contribution in [0.5, 0.6) is 0 Å². The predicted molar refractivity (Wildman–Crippen MR) is 68.3 cm³/mol. The molecule has 0 amide bonds. The van der Waals surface area contributed by atoms with Crippen LogP contribution in [0.3, 0.4) is 0 Å². The second-order valence-electron chi connectivity index (χ2n) is 5.31. The molecule has 17 heavy (non-hydrogen) atoms. The fourth-order valence-corrected chi connectivity index (χ4v) is 3.07. The van der Waals surface area contributed by atoms with Gasteiger partial charge >= 0.3 is 0 Å². The standard InChI is InChI=1S/C13H26N2O2/c1-4-14-12-5-6-16-9-13(12)15-7-10(2)17-11(3)8-15/h10-14H,4-9H2,1-3H3. The van der Waals surface area contributed by atoms with Crippen molar-refractivity contribution in [1.29, 1.82) is 0 Å². The van der Waals surface area contributed by atoms with Crippen molar-refractivity contribution < 1.29 is 9.47 Å². The van der Waals surface area contributed by atoms with Gasteiger partial charge in [-0.1, -0.05) is 6.92 Å². The lowest BCUT2D eigenvalue weighted by molar-refractivity contribution is -0.104. The molecule has 0 aromatic carbocycles. The Hall–Kier alpha value is -0.160. The molecular formula is C13H26N2O2. The third-order valence-corrected chi connectivity index (χ3v) is 3.71. The van der Waals surface area contributed by atoms with E-state index in [0.29, 0.717) is 24.3 Å². The average Bonchev–Trinajstić information content (AvgIpc) is 2.29. The van der Waals surface area contributed by atoms with Crippen LogP contribution in [0.15, 0.2) is 0 Å². The summed E-state index contributed by atoms with van der Waals surface area (Å²) in [6.45, 7) is 11.3. The van der Waals surface area contributed by atoms with Gasteiger partial charge in [0.1, 0.15) is 0 Å². The molecule has 0 aromatic rings. The molecule has 0 radical (unpaired) electrons. The highest BCUT2D eigenvalue weighted by atomic mass is 16.5. The summed E-state index contributed by atoms with van der Waals surface area (Å²) in [4.78, 5) is 2.55. The summed E-state index contributed by atoms with van der Waals surface area (Å²) in [5, 5.41) is 3.60. The topological polar surface area (TPSA) is 33.7 Å². The molecule has 2 saturated heterocycles. The summed E-state index contributed by atoms with van der Waals surface area (Å²) in [5.41, 5.74) is 0. The van der Waals surface area contributed by atoms with E-state index >= 15 is 0 Å². The van der Waals surface area contributed by atoms with Crippen LogP contribution in [0, 0.1) is 0 Å². The van der Waals surface area contributed by atoms with Crippen molar-refractivity contribution in [3.8, 4) is 0 Å². The Bertz CT molecular complexity index is 225. The largest absolute Gasteiger partial charge is 0.380 e. The molecule has 2 aliphatic rings. The van der Waals surface area contributed by atoms with Crippen LogP contribution in [0.25, 0.3) is 0 Å². The SMILES string of the molecule is CCNC1CCOCC1N1CC(C)OC(C)C1. The summed E-state index contributed by atoms with van der Waals surface area (Å²) < 4.78 is 11.5. The Morgan fingerprint density at radius 1 is 1.24 bits per heavy atom. The summed E-state index contributed by atoms with van der Waals surface area (Å²) in [7, 11) is 0. The first kappa shape index (κ1) is 13.3. The molecule has 4 atom stereocenters. The van der Waals surface area contributed by atoms with E-state index in [1.165, 1.54) is 0 Å². The summed E-state index contributed by atoms with van der Waals surface area (Å²) in [5.74, 6) is 0. The van der Waals surface area contributed by atoms with Crippen molar-refractivity contribution in [2.45, 2.75) is 51.5 Å². The zero-order valence-corrected chi connectivity index (χ0v) is 11.3. The average molecular weight is 242 g/mol. The number of ether oxygens (including phenoxy) is 2. The van der Waals surface area contributed by atoms with E-state index in [-0.39, 0.29) is 0 Å². The van der Waals surface area contributed by atoms with Crippen LogP contribution in [0.1, 0.15) is 27.2 Å². The predicted octanol–water partition coefficient (Wildman–Crippen LogP) is 0.863. The van der Waals surface area contributed by atoms with Crippen molar-refractivity contribution in [2.75, 3.05) is 32.8 Å². The maximum Gasteiger partial charge on any atom is 0.0678 e. The Morgan fingerprint density at radius 2 is 1.94 bits per heavy atom. The molecule has 4 nitrogen and oxygen atoms in total. The quantitative estimate of drug-likeness (QED) is 0.796. The minimum atomic E-state index is 0.336. The summed E-state index contributed by atoms with van der Waals surface area (Å²) >= 11 is 0. The number of nitrogens with one attached hydrogen (secondary N) is 1. The minimum absolute atomic E-state index is 0.336. The first-order chi connectivity index (χ1) is 8.20. The third kappa shape index (κ3) is 3.41. The molecule has 4 unspecified atom stereocenters. The van der Waals surface area contributed by atoms with E-state index in [1.54, 1.807) is 0 Å². The van der Waals surface area contributed by atoms with E-state index in [0.717, 1.165) is 39.3 Å². The van der Waals surface area contributed by atoms with Gasteiger partial charge in [0.15, 0.2) is 0 Å². The van der Waals surface area contributed by atoms with E-state index in [9.17, 15) is 0 Å². The van der Waals surface area contributed by atoms with Crippen molar-refractivity contribution in [3.63, 3.8) is 0 Å². The molecule has 0 saturated carbocycles. The number of hydrogen-bond donors (Lipinski definition) is 1. The highest BCUT2D eigenvalue weighted by Gasteiger charge is 2.34. The van der Waals surface area contributed by atoms with Crippen molar-refractivity contribution in [1.82, 2.24) is 10.2 Å². The normalized spacial score (nSPS) is 40.4. The molecule has 100 valence electrons. The summed E-state index contributed by atoms with van der Waals surface area (Å²) in [6.07, 6.45) is 1.80. The van der Waals surface area contributed by atoms with Gasteiger partial charge in [0, 0.05) is 31.8 Å². The van der Waals surface area contributed by atoms with Crippen molar-refractivity contribution >= 4 is 0 Å². The molecule has 0 bridgehead atoms. The molecule has 2 aliphatic heterocycles. The van der Waals surface area contributed by atoms with Gasteiger partial charge in [0.05, 0.1) is 18.8 Å². The molecule has 2 heterocycles. The number of rotatable bonds is 3. The number of likely N-dealkylation sites (N-methyl/N-ethyl adjacent to an activating group) is 1. The van der Waals surface area contributed by atoms with Gasteiger partial charge in [-0.3, -0.25) is 4.90 Å². The molecule has 1 N–H and O–H groups in total. The Morgan fingerprint density at radius 3 is 2.59 bits per heavy atom. The Labute approximate surface area is 105 Å². The Balaban J connectivity index is 1.97. The summed E-state index contributed by atoms with van der Waals surface area (Å²) in [6, 6.07) is 1.09. The molecule has 4 heteroatoms. The van der Waals surface area contributed by atoms with Crippen LogP contribution in [-0.2, 0) is 9.47 Å². The van der Waals surface area contributed by atoms with Gasteiger partial charge < -0.3 is 14.8 Å². The smallest absolute Gasteiger partial charge is 0.0678 e. The lowest BCUT2D eigenvalue weighted by Gasteiger charge is -2.45. The van der Waals surface area contributed by atoms with Gasteiger partial charge in [-0.2, -0.15) is 0 Å². The lowest BCUT2D eigenvalue weighted by Crippen LogP contribution is -2.60. The zero-order valence-electron chi connectivity index (χ0n) is 11.3. The number of hydrogen-bond acceptors (Lipinski definition) is 4. The highest BCUT2D eigenvalue weighted by molar-refractivity contribution is 4.90. The van der Waals surface area contributed by atoms with Crippen molar-refractivity contribution in [2.24, 2.45) is 0 Å². The highest BCUT2D eigenvalue weighted by Crippen LogP contribution is 2.19. The second-order valence-corrected chi connectivity index (χ2v) is 5.31. The second kappa shape index (κ2) is 6.14. The van der Waals surface area contributed by atoms with E-state index in [1.807, 2.05) is 0 Å². The zero-order chi connectivity index (χ0) is 12.3. The molecule has 2 rings (SSSR count).